The number of guanidine groups is 1. The lowest BCUT2D eigenvalue weighted by molar-refractivity contribution is 0.197. The van der Waals surface area contributed by atoms with Crippen molar-refractivity contribution < 1.29 is 8.78 Å². The second-order valence-corrected chi connectivity index (χ2v) is 6.67. The summed E-state index contributed by atoms with van der Waals surface area (Å²) in [5, 5.41) is 6.64. The van der Waals surface area contributed by atoms with E-state index in [0.717, 1.165) is 44.0 Å². The third kappa shape index (κ3) is 4.66. The topological polar surface area (TPSA) is 39.7 Å². The summed E-state index contributed by atoms with van der Waals surface area (Å²) in [5.41, 5.74) is 0.385. The fraction of sp³-hybridized carbons (Fsp3) is 0.611. The van der Waals surface area contributed by atoms with E-state index < -0.39 is 5.82 Å². The Morgan fingerprint density at radius 1 is 1.21 bits per heavy atom. The summed E-state index contributed by atoms with van der Waals surface area (Å²) in [7, 11) is 1.73. The summed E-state index contributed by atoms with van der Waals surface area (Å²) in [6.07, 6.45) is 5.38. The van der Waals surface area contributed by atoms with Gasteiger partial charge in [-0.2, -0.15) is 0 Å². The van der Waals surface area contributed by atoms with E-state index in [0.29, 0.717) is 24.6 Å². The highest BCUT2D eigenvalue weighted by Crippen LogP contribution is 2.29. The van der Waals surface area contributed by atoms with Crippen molar-refractivity contribution >= 4 is 5.96 Å². The van der Waals surface area contributed by atoms with Crippen LogP contribution in [0.1, 0.15) is 31.2 Å². The molecule has 3 rings (SSSR count). The van der Waals surface area contributed by atoms with E-state index in [1.165, 1.54) is 25.0 Å². The van der Waals surface area contributed by atoms with Crippen LogP contribution in [0.15, 0.2) is 23.2 Å². The Hall–Kier alpha value is -1.69. The molecule has 1 aromatic carbocycles. The van der Waals surface area contributed by atoms with Crippen LogP contribution in [0.2, 0.25) is 0 Å². The van der Waals surface area contributed by atoms with Crippen molar-refractivity contribution in [2.45, 2.75) is 44.2 Å². The summed E-state index contributed by atoms with van der Waals surface area (Å²) >= 11 is 0. The first-order valence-corrected chi connectivity index (χ1v) is 8.81. The highest BCUT2D eigenvalue weighted by Gasteiger charge is 2.31. The van der Waals surface area contributed by atoms with Crippen molar-refractivity contribution in [2.75, 3.05) is 26.7 Å². The smallest absolute Gasteiger partial charge is 0.191 e. The summed E-state index contributed by atoms with van der Waals surface area (Å²) in [6.45, 7) is 2.81. The van der Waals surface area contributed by atoms with Gasteiger partial charge in [-0.15, -0.1) is 0 Å². The largest absolute Gasteiger partial charge is 0.356 e. The maximum Gasteiger partial charge on any atom is 0.191 e. The third-order valence-corrected chi connectivity index (χ3v) is 4.85. The van der Waals surface area contributed by atoms with E-state index >= 15 is 0 Å². The van der Waals surface area contributed by atoms with Crippen molar-refractivity contribution in [1.82, 2.24) is 15.5 Å². The van der Waals surface area contributed by atoms with Crippen molar-refractivity contribution in [3.8, 4) is 0 Å². The Labute approximate surface area is 142 Å². The monoisotopic (exact) mass is 336 g/mol. The number of rotatable bonds is 5. The van der Waals surface area contributed by atoms with Gasteiger partial charge >= 0.3 is 0 Å². The summed E-state index contributed by atoms with van der Waals surface area (Å²) in [4.78, 5) is 6.82. The average Bonchev–Trinajstić information content (AvgIpc) is 3.42. The number of hydrogen-bond donors (Lipinski definition) is 2. The van der Waals surface area contributed by atoms with Crippen molar-refractivity contribution in [1.29, 1.82) is 0 Å². The molecule has 1 aliphatic carbocycles. The van der Waals surface area contributed by atoms with Crippen LogP contribution in [0.5, 0.6) is 0 Å². The molecule has 0 radical (unpaired) electrons. The van der Waals surface area contributed by atoms with Crippen LogP contribution >= 0.6 is 0 Å². The second-order valence-electron chi connectivity index (χ2n) is 6.67. The van der Waals surface area contributed by atoms with Gasteiger partial charge in [-0.1, -0.05) is 0 Å². The minimum absolute atomic E-state index is 0.367. The number of nitrogens with one attached hydrogen (secondary N) is 2. The van der Waals surface area contributed by atoms with Gasteiger partial charge in [0.05, 0.1) is 0 Å². The maximum atomic E-state index is 13.6. The Bertz CT molecular complexity index is 578. The second kappa shape index (κ2) is 7.92. The fourth-order valence-electron chi connectivity index (χ4n) is 3.29. The predicted octanol–water partition coefficient (Wildman–Crippen LogP) is 2.30. The van der Waals surface area contributed by atoms with Crippen molar-refractivity contribution in [3.63, 3.8) is 0 Å². The van der Waals surface area contributed by atoms with Gasteiger partial charge in [-0.05, 0) is 55.9 Å². The zero-order valence-corrected chi connectivity index (χ0v) is 14.2. The van der Waals surface area contributed by atoms with E-state index in [4.69, 9.17) is 0 Å². The lowest BCUT2D eigenvalue weighted by Crippen LogP contribution is -2.49. The van der Waals surface area contributed by atoms with Gasteiger partial charge in [0.2, 0.25) is 0 Å². The molecular weight excluding hydrogens is 310 g/mol. The molecule has 1 saturated heterocycles. The fourth-order valence-corrected chi connectivity index (χ4v) is 3.29. The number of benzene rings is 1. The Morgan fingerprint density at radius 3 is 2.62 bits per heavy atom. The lowest BCUT2D eigenvalue weighted by atomic mass is 10.1. The number of likely N-dealkylation sites (tertiary alicyclic amines) is 1. The third-order valence-electron chi connectivity index (χ3n) is 4.85. The predicted molar refractivity (Wildman–Crippen MR) is 92.2 cm³/mol. The van der Waals surface area contributed by atoms with Crippen molar-refractivity contribution in [2.24, 2.45) is 4.99 Å². The molecule has 2 N–H and O–H groups in total. The van der Waals surface area contributed by atoms with E-state index in [-0.39, 0.29) is 5.82 Å². The average molecular weight is 336 g/mol. The number of hydrogen-bond acceptors (Lipinski definition) is 2. The molecule has 132 valence electrons. The highest BCUT2D eigenvalue weighted by molar-refractivity contribution is 5.79. The van der Waals surface area contributed by atoms with Crippen LogP contribution in [-0.2, 0) is 6.42 Å². The molecule has 0 unspecified atom stereocenters. The molecule has 2 aliphatic rings. The summed E-state index contributed by atoms with van der Waals surface area (Å²) < 4.78 is 26.8. The van der Waals surface area contributed by atoms with Gasteiger partial charge in [0, 0.05) is 38.8 Å². The molecule has 2 fully saturated rings. The van der Waals surface area contributed by atoms with Gasteiger partial charge < -0.3 is 15.5 Å². The molecule has 0 amide bonds. The SMILES string of the molecule is CN=C(NCCc1cc(F)ccc1F)NC1CCN(C2CC2)CC1. The Kier molecular flexibility index (Phi) is 5.66. The van der Waals surface area contributed by atoms with Gasteiger partial charge in [-0.25, -0.2) is 8.78 Å². The van der Waals surface area contributed by atoms with Crippen molar-refractivity contribution in [3.05, 3.63) is 35.4 Å². The quantitative estimate of drug-likeness (QED) is 0.640. The molecule has 0 bridgehead atoms. The maximum absolute atomic E-state index is 13.6. The molecule has 6 heteroatoms. The minimum Gasteiger partial charge on any atom is -0.356 e. The first kappa shape index (κ1) is 17.1. The highest BCUT2D eigenvalue weighted by atomic mass is 19.1. The first-order valence-electron chi connectivity index (χ1n) is 8.81. The van der Waals surface area contributed by atoms with Gasteiger partial charge in [-0.3, -0.25) is 4.99 Å². The number of piperidine rings is 1. The number of halogens is 2. The van der Waals surface area contributed by atoms with Gasteiger partial charge in [0.25, 0.3) is 0 Å². The molecule has 1 saturated carbocycles. The molecule has 24 heavy (non-hydrogen) atoms. The Morgan fingerprint density at radius 2 is 1.96 bits per heavy atom. The van der Waals surface area contributed by atoms with E-state index in [1.54, 1.807) is 7.05 Å². The minimum atomic E-state index is -0.406. The Balaban J connectivity index is 1.41. The molecule has 1 heterocycles. The van der Waals surface area contributed by atoms with Crippen LogP contribution in [-0.4, -0.2) is 49.6 Å². The summed E-state index contributed by atoms with van der Waals surface area (Å²) in [5.74, 6) is -0.0402. The molecule has 0 spiro atoms. The molecule has 0 atom stereocenters. The van der Waals surface area contributed by atoms with Gasteiger partial charge in [0.15, 0.2) is 5.96 Å². The van der Waals surface area contributed by atoms with Crippen LogP contribution in [0.3, 0.4) is 0 Å². The first-order chi connectivity index (χ1) is 11.7. The summed E-state index contributed by atoms with van der Waals surface area (Å²) in [6, 6.07) is 4.83. The van der Waals surface area contributed by atoms with Gasteiger partial charge in [0.1, 0.15) is 11.6 Å². The molecule has 1 aromatic rings. The zero-order valence-electron chi connectivity index (χ0n) is 14.2. The van der Waals surface area contributed by atoms with Crippen LogP contribution in [0.4, 0.5) is 8.78 Å². The van der Waals surface area contributed by atoms with E-state index in [2.05, 4.69) is 20.5 Å². The van der Waals surface area contributed by atoms with E-state index in [1.807, 2.05) is 0 Å². The van der Waals surface area contributed by atoms with Crippen LogP contribution < -0.4 is 10.6 Å². The van der Waals surface area contributed by atoms with E-state index in [9.17, 15) is 8.78 Å². The molecular formula is C18H26F2N4. The number of aliphatic imine (C=N–C) groups is 1. The van der Waals surface area contributed by atoms with Crippen LogP contribution in [0, 0.1) is 11.6 Å². The molecule has 0 aromatic heterocycles. The lowest BCUT2D eigenvalue weighted by Gasteiger charge is -2.33. The molecule has 4 nitrogen and oxygen atoms in total. The molecule has 1 aliphatic heterocycles. The zero-order chi connectivity index (χ0) is 16.9. The number of nitrogens with zero attached hydrogens (tertiary/aromatic N) is 2. The normalized spacial score (nSPS) is 20.2. The van der Waals surface area contributed by atoms with Crippen LogP contribution in [0.25, 0.3) is 0 Å². The standard InChI is InChI=1S/C18H26F2N4/c1-21-18(22-9-6-13-12-14(19)2-5-17(13)20)23-15-7-10-24(11-8-15)16-3-4-16/h2,5,12,15-16H,3-4,6-11H2,1H3,(H2,21,22,23).